The third-order valence-corrected chi connectivity index (χ3v) is 1.16. The second-order valence-electron chi connectivity index (χ2n) is 2.64. The van der Waals surface area contributed by atoms with Gasteiger partial charge in [-0.3, -0.25) is 9.59 Å². The van der Waals surface area contributed by atoms with E-state index in [0.29, 0.717) is 0 Å². The second kappa shape index (κ2) is 8.36. The number of aliphatic hydroxyl groups excluding tert-OH is 1. The van der Waals surface area contributed by atoms with Crippen molar-refractivity contribution < 1.29 is 39.6 Å². The van der Waals surface area contributed by atoms with Crippen molar-refractivity contribution in [3.63, 3.8) is 0 Å². The molecule has 0 aromatic carbocycles. The summed E-state index contributed by atoms with van der Waals surface area (Å²) in [4.78, 5) is 39.2. The van der Waals surface area contributed by atoms with Gasteiger partial charge in [0.2, 0.25) is 5.78 Å². The standard InChI is InChI=1S/C5H6O5.C3H6O3/c6-3(5(9)10)1-2-4(7)8;1-2(4)3(5)6/h1-2H2,(H,7,8)(H,9,10);2,4H,1H3,(H,5,6). The van der Waals surface area contributed by atoms with Crippen LogP contribution in [-0.2, 0) is 19.2 Å². The molecule has 0 saturated carbocycles. The number of carboxylic acid groups (broad SMARTS) is 3. The fraction of sp³-hybridized carbons (Fsp3) is 0.500. The smallest absolute Gasteiger partial charge is 0.372 e. The molecule has 8 nitrogen and oxygen atoms in total. The molecule has 4 N–H and O–H groups in total. The fourth-order valence-electron chi connectivity index (χ4n) is 0.327. The van der Waals surface area contributed by atoms with Crippen molar-refractivity contribution in [2.75, 3.05) is 0 Å². The molecule has 0 heterocycles. The van der Waals surface area contributed by atoms with E-state index in [1.165, 1.54) is 6.92 Å². The van der Waals surface area contributed by atoms with Crippen molar-refractivity contribution in [1.29, 1.82) is 0 Å². The molecule has 16 heavy (non-hydrogen) atoms. The van der Waals surface area contributed by atoms with Gasteiger partial charge in [0, 0.05) is 6.42 Å². The number of carbonyl (C=O) groups is 4. The van der Waals surface area contributed by atoms with E-state index >= 15 is 0 Å². The number of aliphatic hydroxyl groups is 1. The van der Waals surface area contributed by atoms with E-state index in [4.69, 9.17) is 20.4 Å². The van der Waals surface area contributed by atoms with Gasteiger partial charge in [0.05, 0.1) is 6.42 Å². The third-order valence-electron chi connectivity index (χ3n) is 1.16. The van der Waals surface area contributed by atoms with Gasteiger partial charge >= 0.3 is 17.9 Å². The Balaban J connectivity index is 0. The largest absolute Gasteiger partial charge is 0.481 e. The van der Waals surface area contributed by atoms with Crippen molar-refractivity contribution in [1.82, 2.24) is 0 Å². The molecule has 0 rings (SSSR count). The number of ketones is 1. The Bertz CT molecular complexity index is 280. The Morgan fingerprint density at radius 2 is 1.38 bits per heavy atom. The van der Waals surface area contributed by atoms with Crippen LogP contribution in [0.25, 0.3) is 0 Å². The summed E-state index contributed by atoms with van der Waals surface area (Å²) >= 11 is 0. The van der Waals surface area contributed by atoms with E-state index in [0.717, 1.165) is 0 Å². The highest BCUT2D eigenvalue weighted by Crippen LogP contribution is 1.89. The topological polar surface area (TPSA) is 149 Å². The Labute approximate surface area is 90.1 Å². The van der Waals surface area contributed by atoms with Gasteiger partial charge in [0.1, 0.15) is 6.10 Å². The molecule has 0 aromatic heterocycles. The minimum absolute atomic E-state index is 0.425. The minimum Gasteiger partial charge on any atom is -0.481 e. The molecule has 0 saturated heterocycles. The molecule has 0 aliphatic carbocycles. The molecule has 0 fully saturated rings. The number of hydrogen-bond acceptors (Lipinski definition) is 5. The summed E-state index contributed by atoms with van der Waals surface area (Å²) in [6.45, 7) is 1.20. The van der Waals surface area contributed by atoms with Gasteiger partial charge in [-0.1, -0.05) is 0 Å². The van der Waals surface area contributed by atoms with E-state index in [1.54, 1.807) is 0 Å². The van der Waals surface area contributed by atoms with Crippen LogP contribution in [0.4, 0.5) is 0 Å². The van der Waals surface area contributed by atoms with Gasteiger partial charge in [-0.25, -0.2) is 9.59 Å². The van der Waals surface area contributed by atoms with Crippen LogP contribution in [0.2, 0.25) is 0 Å². The maximum Gasteiger partial charge on any atom is 0.372 e. The highest BCUT2D eigenvalue weighted by atomic mass is 16.4. The Morgan fingerprint density at radius 1 is 1.00 bits per heavy atom. The molecule has 0 bridgehead atoms. The van der Waals surface area contributed by atoms with Gasteiger partial charge in [-0.05, 0) is 6.92 Å². The molecule has 1 atom stereocenters. The highest BCUT2D eigenvalue weighted by molar-refractivity contribution is 6.32. The summed E-state index contributed by atoms with van der Waals surface area (Å²) in [5, 5.41) is 31.7. The zero-order chi connectivity index (χ0) is 13.3. The summed E-state index contributed by atoms with van der Waals surface area (Å²) in [7, 11) is 0. The van der Waals surface area contributed by atoms with Crippen molar-refractivity contribution in [3.8, 4) is 0 Å². The van der Waals surface area contributed by atoms with Crippen LogP contribution >= 0.6 is 0 Å². The lowest BCUT2D eigenvalue weighted by molar-refractivity contribution is -0.149. The monoisotopic (exact) mass is 236 g/mol. The third kappa shape index (κ3) is 12.0. The quantitative estimate of drug-likeness (QED) is 0.442. The van der Waals surface area contributed by atoms with E-state index in [9.17, 15) is 19.2 Å². The first kappa shape index (κ1) is 16.5. The second-order valence-corrected chi connectivity index (χ2v) is 2.64. The number of rotatable bonds is 5. The molecular formula is C8H12O8. The lowest BCUT2D eigenvalue weighted by Gasteiger charge is -1.89. The van der Waals surface area contributed by atoms with Gasteiger partial charge in [-0.15, -0.1) is 0 Å². The minimum atomic E-state index is -1.58. The molecule has 0 aliphatic rings. The Hall–Kier alpha value is -1.96. The van der Waals surface area contributed by atoms with E-state index in [2.05, 4.69) is 0 Å². The van der Waals surface area contributed by atoms with Gasteiger partial charge in [0.25, 0.3) is 0 Å². The normalized spacial score (nSPS) is 10.6. The summed E-state index contributed by atoms with van der Waals surface area (Å²) < 4.78 is 0. The Kier molecular flexibility index (Phi) is 8.60. The molecule has 0 amide bonds. The lowest BCUT2D eigenvalue weighted by atomic mass is 10.2. The van der Waals surface area contributed by atoms with Crippen LogP contribution in [0, 0.1) is 0 Å². The molecule has 92 valence electrons. The van der Waals surface area contributed by atoms with Crippen LogP contribution < -0.4 is 0 Å². The SMILES string of the molecule is CC(O)C(=O)O.O=C(O)CCC(=O)C(=O)O. The molecule has 0 radical (unpaired) electrons. The van der Waals surface area contributed by atoms with Gasteiger partial charge in [-0.2, -0.15) is 0 Å². The number of carbonyl (C=O) groups excluding carboxylic acids is 1. The van der Waals surface area contributed by atoms with Crippen molar-refractivity contribution >= 4 is 23.7 Å². The number of carboxylic acids is 3. The van der Waals surface area contributed by atoms with Crippen LogP contribution in [0.3, 0.4) is 0 Å². The molecule has 8 heteroatoms. The first-order valence-electron chi connectivity index (χ1n) is 4.07. The first-order valence-corrected chi connectivity index (χ1v) is 4.07. The fourth-order valence-corrected chi connectivity index (χ4v) is 0.327. The number of aliphatic carboxylic acids is 3. The van der Waals surface area contributed by atoms with Crippen molar-refractivity contribution in [3.05, 3.63) is 0 Å². The van der Waals surface area contributed by atoms with Gasteiger partial charge in [0.15, 0.2) is 0 Å². The maximum atomic E-state index is 10.2. The molecule has 0 spiro atoms. The van der Waals surface area contributed by atoms with Crippen LogP contribution in [0.1, 0.15) is 19.8 Å². The van der Waals surface area contributed by atoms with Gasteiger partial charge < -0.3 is 20.4 Å². The average Bonchev–Trinajstić information content (AvgIpc) is 2.14. The molecule has 1 unspecified atom stereocenters. The average molecular weight is 236 g/mol. The maximum absolute atomic E-state index is 10.2. The van der Waals surface area contributed by atoms with Crippen molar-refractivity contribution in [2.24, 2.45) is 0 Å². The summed E-state index contributed by atoms with van der Waals surface area (Å²) in [6.07, 6.45) is -2.10. The van der Waals surface area contributed by atoms with E-state index in [1.807, 2.05) is 0 Å². The number of Topliss-reactive ketones (excluding diaryl/α,β-unsaturated/α-hetero) is 1. The predicted molar refractivity (Wildman–Crippen MR) is 48.8 cm³/mol. The van der Waals surface area contributed by atoms with Crippen LogP contribution in [0.5, 0.6) is 0 Å². The summed E-state index contributed by atoms with van der Waals surface area (Å²) in [5.74, 6) is -5.01. The lowest BCUT2D eigenvalue weighted by Crippen LogP contribution is -2.13. The zero-order valence-corrected chi connectivity index (χ0v) is 8.41. The molecular weight excluding hydrogens is 224 g/mol. The summed E-state index contributed by atoms with van der Waals surface area (Å²) in [6, 6.07) is 0. The molecule has 0 aliphatic heterocycles. The predicted octanol–water partition coefficient (Wildman–Crippen LogP) is -1.04. The Morgan fingerprint density at radius 3 is 1.56 bits per heavy atom. The van der Waals surface area contributed by atoms with E-state index < -0.39 is 42.6 Å². The van der Waals surface area contributed by atoms with E-state index in [-0.39, 0.29) is 0 Å². The van der Waals surface area contributed by atoms with Crippen molar-refractivity contribution in [2.45, 2.75) is 25.9 Å². The van der Waals surface area contributed by atoms with Crippen LogP contribution in [0.15, 0.2) is 0 Å². The summed E-state index contributed by atoms with van der Waals surface area (Å²) in [5.41, 5.74) is 0. The highest BCUT2D eigenvalue weighted by Gasteiger charge is 2.12. The first-order chi connectivity index (χ1) is 7.18. The van der Waals surface area contributed by atoms with Crippen LogP contribution in [-0.4, -0.2) is 50.2 Å². The molecule has 0 aromatic rings. The number of hydrogen-bond donors (Lipinski definition) is 4. The zero-order valence-electron chi connectivity index (χ0n) is 8.41.